The second-order valence-corrected chi connectivity index (χ2v) is 7.84. The number of likely N-dealkylation sites (tertiary alicyclic amines) is 1. The minimum atomic E-state index is 0.253. The van der Waals surface area contributed by atoms with E-state index in [0.29, 0.717) is 13.0 Å². The summed E-state index contributed by atoms with van der Waals surface area (Å²) < 4.78 is 6.05. The Kier molecular flexibility index (Phi) is 8.51. The first kappa shape index (κ1) is 21.3. The molecule has 3 rings (SSSR count). The fourth-order valence-electron chi connectivity index (χ4n) is 3.74. The average molecular weight is 392 g/mol. The van der Waals surface area contributed by atoms with E-state index in [1.807, 2.05) is 36.4 Å². The number of ether oxygens (including phenoxy) is 1. The zero-order valence-electron chi connectivity index (χ0n) is 17.6. The fraction of sp³-hybridized carbons (Fsp3) is 0.423. The van der Waals surface area contributed by atoms with Crippen molar-refractivity contribution in [1.29, 1.82) is 0 Å². The largest absolute Gasteiger partial charge is 0.493 e. The molecular formula is C26H33NO2. The number of hydrogen-bond donors (Lipinski definition) is 0. The van der Waals surface area contributed by atoms with E-state index in [9.17, 15) is 4.79 Å². The Morgan fingerprint density at radius 1 is 0.966 bits per heavy atom. The Bertz CT molecular complexity index is 797. The summed E-state index contributed by atoms with van der Waals surface area (Å²) in [5.41, 5.74) is 3.17. The van der Waals surface area contributed by atoms with Gasteiger partial charge in [0.05, 0.1) is 6.61 Å². The third kappa shape index (κ3) is 6.86. The molecule has 0 saturated carbocycles. The number of ketones is 1. The number of Topliss-reactive ketones (excluding diaryl/α,β-unsaturated/α-hetero) is 1. The van der Waals surface area contributed by atoms with Crippen LogP contribution in [0.2, 0.25) is 0 Å². The highest BCUT2D eigenvalue weighted by Gasteiger charge is 2.21. The summed E-state index contributed by atoms with van der Waals surface area (Å²) in [6.45, 7) is 5.35. The van der Waals surface area contributed by atoms with Crippen molar-refractivity contribution in [2.45, 2.75) is 52.0 Å². The molecule has 1 fully saturated rings. The highest BCUT2D eigenvalue weighted by atomic mass is 16.5. The Morgan fingerprint density at radius 2 is 1.72 bits per heavy atom. The van der Waals surface area contributed by atoms with Crippen LogP contribution in [-0.4, -0.2) is 30.4 Å². The van der Waals surface area contributed by atoms with Crippen molar-refractivity contribution in [1.82, 2.24) is 4.90 Å². The highest BCUT2D eigenvalue weighted by Crippen LogP contribution is 2.24. The van der Waals surface area contributed by atoms with Crippen LogP contribution in [0.3, 0.4) is 0 Å². The van der Waals surface area contributed by atoms with Crippen LogP contribution in [0.5, 0.6) is 5.75 Å². The number of para-hydroxylation sites is 1. The lowest BCUT2D eigenvalue weighted by Gasteiger charge is -2.28. The maximum Gasteiger partial charge on any atom is 0.161 e. The molecule has 154 valence electrons. The lowest BCUT2D eigenvalue weighted by Crippen LogP contribution is -2.35. The van der Waals surface area contributed by atoms with Gasteiger partial charge in [0.2, 0.25) is 0 Å². The van der Waals surface area contributed by atoms with E-state index in [1.54, 1.807) is 0 Å². The quantitative estimate of drug-likeness (QED) is 0.373. The van der Waals surface area contributed by atoms with Crippen molar-refractivity contribution in [3.63, 3.8) is 0 Å². The molecule has 0 spiro atoms. The summed E-state index contributed by atoms with van der Waals surface area (Å²) >= 11 is 0. The summed E-state index contributed by atoms with van der Waals surface area (Å²) in [6, 6.07) is 18.5. The van der Waals surface area contributed by atoms with Gasteiger partial charge < -0.3 is 4.74 Å². The van der Waals surface area contributed by atoms with Crippen LogP contribution >= 0.6 is 0 Å². The first-order valence-electron chi connectivity index (χ1n) is 11.0. The standard InChI is InChI=1S/C26H33NO2/c1-2-3-4-5-11-18-29-26-15-10-9-14-23(26)19-24-21-27(17-16-25(24)28)20-22-12-7-6-8-13-22/h6-10,12-15,19H,2-5,11,16-18,20-21H2,1H3/b24-19+. The van der Waals surface area contributed by atoms with Crippen molar-refractivity contribution in [2.24, 2.45) is 0 Å². The number of rotatable bonds is 10. The summed E-state index contributed by atoms with van der Waals surface area (Å²) in [6.07, 6.45) is 8.73. The molecule has 1 aliphatic rings. The van der Waals surface area contributed by atoms with Gasteiger partial charge in [-0.15, -0.1) is 0 Å². The van der Waals surface area contributed by atoms with E-state index in [4.69, 9.17) is 4.74 Å². The molecular weight excluding hydrogens is 358 g/mol. The van der Waals surface area contributed by atoms with Crippen LogP contribution in [0.15, 0.2) is 60.2 Å². The first-order chi connectivity index (χ1) is 14.3. The summed E-state index contributed by atoms with van der Waals surface area (Å²) in [7, 11) is 0. The van der Waals surface area contributed by atoms with Gasteiger partial charge in [-0.25, -0.2) is 0 Å². The van der Waals surface area contributed by atoms with Crippen LogP contribution in [0, 0.1) is 0 Å². The molecule has 2 aromatic rings. The van der Waals surface area contributed by atoms with Gasteiger partial charge in [-0.1, -0.05) is 81.1 Å². The number of benzene rings is 2. The maximum atomic E-state index is 12.5. The Balaban J connectivity index is 1.62. The second kappa shape index (κ2) is 11.6. The molecule has 1 heterocycles. The fourth-order valence-corrected chi connectivity index (χ4v) is 3.74. The number of nitrogens with zero attached hydrogens (tertiary/aromatic N) is 1. The topological polar surface area (TPSA) is 29.5 Å². The van der Waals surface area contributed by atoms with Crippen LogP contribution in [-0.2, 0) is 11.3 Å². The molecule has 0 amide bonds. The van der Waals surface area contributed by atoms with Gasteiger partial charge >= 0.3 is 0 Å². The molecule has 3 nitrogen and oxygen atoms in total. The minimum absolute atomic E-state index is 0.253. The van der Waals surface area contributed by atoms with Gasteiger partial charge in [0, 0.05) is 37.2 Å². The monoisotopic (exact) mass is 391 g/mol. The van der Waals surface area contributed by atoms with E-state index in [1.165, 1.54) is 31.2 Å². The molecule has 29 heavy (non-hydrogen) atoms. The van der Waals surface area contributed by atoms with Crippen molar-refractivity contribution in [2.75, 3.05) is 19.7 Å². The lowest BCUT2D eigenvalue weighted by atomic mass is 9.99. The Morgan fingerprint density at radius 3 is 2.55 bits per heavy atom. The summed E-state index contributed by atoms with van der Waals surface area (Å²) in [5, 5.41) is 0. The molecule has 3 heteroatoms. The lowest BCUT2D eigenvalue weighted by molar-refractivity contribution is -0.117. The van der Waals surface area contributed by atoms with Gasteiger partial charge in [0.15, 0.2) is 5.78 Å². The maximum absolute atomic E-state index is 12.5. The third-order valence-electron chi connectivity index (χ3n) is 5.41. The van der Waals surface area contributed by atoms with Gasteiger partial charge in [0.1, 0.15) is 5.75 Å². The van der Waals surface area contributed by atoms with Crippen molar-refractivity contribution < 1.29 is 9.53 Å². The number of carbonyl (C=O) groups is 1. The van der Waals surface area contributed by atoms with E-state index in [0.717, 1.165) is 43.0 Å². The van der Waals surface area contributed by atoms with Gasteiger partial charge in [0.25, 0.3) is 0 Å². The zero-order chi connectivity index (χ0) is 20.3. The molecule has 0 unspecified atom stereocenters. The Labute approximate surface area is 175 Å². The number of carbonyl (C=O) groups excluding carboxylic acids is 1. The van der Waals surface area contributed by atoms with E-state index < -0.39 is 0 Å². The van der Waals surface area contributed by atoms with Crippen LogP contribution in [0.25, 0.3) is 6.08 Å². The minimum Gasteiger partial charge on any atom is -0.493 e. The van der Waals surface area contributed by atoms with Crippen LogP contribution in [0.4, 0.5) is 0 Å². The first-order valence-corrected chi connectivity index (χ1v) is 11.0. The molecule has 0 aromatic heterocycles. The predicted octanol–water partition coefficient (Wildman–Crippen LogP) is 5.89. The highest BCUT2D eigenvalue weighted by molar-refractivity contribution is 6.01. The zero-order valence-corrected chi connectivity index (χ0v) is 17.6. The third-order valence-corrected chi connectivity index (χ3v) is 5.41. The van der Waals surface area contributed by atoms with Gasteiger partial charge in [-0.3, -0.25) is 9.69 Å². The summed E-state index contributed by atoms with van der Waals surface area (Å²) in [4.78, 5) is 14.9. The van der Waals surface area contributed by atoms with Crippen LogP contribution in [0.1, 0.15) is 56.6 Å². The van der Waals surface area contributed by atoms with E-state index in [2.05, 4.69) is 36.1 Å². The molecule has 0 radical (unpaired) electrons. The predicted molar refractivity (Wildman–Crippen MR) is 120 cm³/mol. The van der Waals surface area contributed by atoms with Crippen molar-refractivity contribution in [3.8, 4) is 5.75 Å². The molecule has 1 aliphatic heterocycles. The smallest absolute Gasteiger partial charge is 0.161 e. The molecule has 1 saturated heterocycles. The molecule has 0 N–H and O–H groups in total. The average Bonchev–Trinajstić information content (AvgIpc) is 2.75. The molecule has 0 atom stereocenters. The van der Waals surface area contributed by atoms with Gasteiger partial charge in [-0.05, 0) is 24.1 Å². The van der Waals surface area contributed by atoms with E-state index >= 15 is 0 Å². The van der Waals surface area contributed by atoms with Gasteiger partial charge in [-0.2, -0.15) is 0 Å². The summed E-state index contributed by atoms with van der Waals surface area (Å²) in [5.74, 6) is 1.13. The van der Waals surface area contributed by atoms with E-state index in [-0.39, 0.29) is 5.78 Å². The number of hydrogen-bond acceptors (Lipinski definition) is 3. The number of unbranched alkanes of at least 4 members (excludes halogenated alkanes) is 4. The molecule has 0 aliphatic carbocycles. The van der Waals surface area contributed by atoms with Crippen molar-refractivity contribution >= 4 is 11.9 Å². The van der Waals surface area contributed by atoms with Crippen LogP contribution < -0.4 is 4.74 Å². The molecule has 2 aromatic carbocycles. The normalized spacial score (nSPS) is 16.3. The van der Waals surface area contributed by atoms with Crippen molar-refractivity contribution in [3.05, 3.63) is 71.3 Å². The Hall–Kier alpha value is -2.39. The number of piperidine rings is 1. The molecule has 0 bridgehead atoms. The SMILES string of the molecule is CCCCCCCOc1ccccc1/C=C1\CN(Cc2ccccc2)CCC1=O. The second-order valence-electron chi connectivity index (χ2n) is 7.84.